The molecule has 1 aromatic carbocycles. The molecule has 0 spiro atoms. The van der Waals surface area contributed by atoms with E-state index >= 15 is 0 Å². The highest BCUT2D eigenvalue weighted by molar-refractivity contribution is 5.99. The molecule has 2 amide bonds. The molecule has 1 heterocycles. The number of nitrogens with zero attached hydrogens (tertiary/aromatic N) is 1. The van der Waals surface area contributed by atoms with Crippen LogP contribution in [-0.4, -0.2) is 42.5 Å². The summed E-state index contributed by atoms with van der Waals surface area (Å²) >= 11 is 0. The van der Waals surface area contributed by atoms with Gasteiger partial charge in [0, 0.05) is 24.7 Å². The Balaban J connectivity index is 0.00000338. The van der Waals surface area contributed by atoms with E-state index in [1.807, 2.05) is 11.8 Å². The molecule has 0 saturated carbocycles. The van der Waals surface area contributed by atoms with Crippen LogP contribution in [0.3, 0.4) is 0 Å². The van der Waals surface area contributed by atoms with Gasteiger partial charge in [-0.3, -0.25) is 9.59 Å². The van der Waals surface area contributed by atoms with Crippen LogP contribution in [0.2, 0.25) is 0 Å². The number of rotatable bonds is 6. The van der Waals surface area contributed by atoms with Gasteiger partial charge in [-0.25, -0.2) is 0 Å². The number of nitrogens with two attached hydrogens (primary N) is 1. The second-order valence-corrected chi connectivity index (χ2v) is 6.63. The predicted molar refractivity (Wildman–Crippen MR) is 106 cm³/mol. The van der Waals surface area contributed by atoms with Gasteiger partial charge in [0.05, 0.1) is 18.2 Å². The summed E-state index contributed by atoms with van der Waals surface area (Å²) in [5, 5.41) is 2.86. The molecule has 1 fully saturated rings. The Labute approximate surface area is 161 Å². The van der Waals surface area contributed by atoms with E-state index < -0.39 is 0 Å². The van der Waals surface area contributed by atoms with Crippen molar-refractivity contribution in [1.82, 2.24) is 4.90 Å². The van der Waals surface area contributed by atoms with Crippen molar-refractivity contribution in [2.75, 3.05) is 25.0 Å². The van der Waals surface area contributed by atoms with E-state index in [4.69, 9.17) is 10.5 Å². The number of piperidine rings is 1. The Morgan fingerprint density at radius 3 is 2.46 bits per heavy atom. The van der Waals surface area contributed by atoms with E-state index in [0.717, 1.165) is 25.9 Å². The second kappa shape index (κ2) is 10.4. The average molecular weight is 384 g/mol. The summed E-state index contributed by atoms with van der Waals surface area (Å²) in [4.78, 5) is 26.9. The third-order valence-electron chi connectivity index (χ3n) is 4.63. The van der Waals surface area contributed by atoms with Crippen molar-refractivity contribution in [3.05, 3.63) is 23.8 Å². The molecular formula is C19H30ClN3O3. The van der Waals surface area contributed by atoms with Crippen molar-refractivity contribution in [3.63, 3.8) is 0 Å². The number of carbonyl (C=O) groups excluding carboxylic acids is 2. The van der Waals surface area contributed by atoms with Gasteiger partial charge in [0.25, 0.3) is 5.91 Å². The van der Waals surface area contributed by atoms with Crippen LogP contribution in [0.4, 0.5) is 5.69 Å². The van der Waals surface area contributed by atoms with Gasteiger partial charge in [-0.15, -0.1) is 12.4 Å². The van der Waals surface area contributed by atoms with Crippen molar-refractivity contribution >= 4 is 29.9 Å². The lowest BCUT2D eigenvalue weighted by Crippen LogP contribution is -2.36. The summed E-state index contributed by atoms with van der Waals surface area (Å²) in [6.07, 6.45) is 3.25. The first-order chi connectivity index (χ1) is 11.9. The molecule has 0 aliphatic carbocycles. The molecule has 2 atom stereocenters. The van der Waals surface area contributed by atoms with Crippen LogP contribution in [0.1, 0.15) is 50.4 Å². The quantitative estimate of drug-likeness (QED) is 0.790. The zero-order chi connectivity index (χ0) is 18.4. The molecule has 0 bridgehead atoms. The number of likely N-dealkylation sites (tertiary alicyclic amines) is 1. The maximum absolute atomic E-state index is 12.7. The fourth-order valence-electron chi connectivity index (χ4n) is 2.81. The second-order valence-electron chi connectivity index (χ2n) is 6.63. The van der Waals surface area contributed by atoms with Crippen molar-refractivity contribution < 1.29 is 14.3 Å². The number of anilines is 1. The standard InChI is InChI=1S/C19H29N3O3.ClH/c1-4-25-17-9-8-15(19(24)22-10-6-5-7-11-22)12-16(17)21-18(23)13(2)14(3)20;/h8-9,12-14H,4-7,10-11,20H2,1-3H3,(H,21,23);1H. The first-order valence-corrected chi connectivity index (χ1v) is 9.06. The van der Waals surface area contributed by atoms with Crippen molar-refractivity contribution in [2.24, 2.45) is 11.7 Å². The fraction of sp³-hybridized carbons (Fsp3) is 0.579. The smallest absolute Gasteiger partial charge is 0.253 e. The minimum atomic E-state index is -0.337. The highest BCUT2D eigenvalue weighted by Gasteiger charge is 2.22. The van der Waals surface area contributed by atoms with E-state index in [0.29, 0.717) is 23.6 Å². The number of ether oxygens (including phenoxy) is 1. The van der Waals surface area contributed by atoms with Crippen LogP contribution >= 0.6 is 12.4 Å². The van der Waals surface area contributed by atoms with Gasteiger partial charge < -0.3 is 20.7 Å². The molecule has 3 N–H and O–H groups in total. The molecule has 1 saturated heterocycles. The number of nitrogens with one attached hydrogen (secondary N) is 1. The Bertz CT molecular complexity index is 616. The molecule has 26 heavy (non-hydrogen) atoms. The third-order valence-corrected chi connectivity index (χ3v) is 4.63. The van der Waals surface area contributed by atoms with Gasteiger partial charge >= 0.3 is 0 Å². The fourth-order valence-corrected chi connectivity index (χ4v) is 2.81. The van der Waals surface area contributed by atoms with E-state index in [9.17, 15) is 9.59 Å². The molecule has 1 aromatic rings. The molecule has 2 rings (SSSR count). The van der Waals surface area contributed by atoms with Gasteiger partial charge in [0.1, 0.15) is 5.75 Å². The number of hydrogen-bond donors (Lipinski definition) is 2. The lowest BCUT2D eigenvalue weighted by atomic mass is 10.0. The zero-order valence-electron chi connectivity index (χ0n) is 15.8. The van der Waals surface area contributed by atoms with Crippen LogP contribution in [0.15, 0.2) is 18.2 Å². The number of amides is 2. The molecule has 0 radical (unpaired) electrons. The number of benzene rings is 1. The molecule has 6 nitrogen and oxygen atoms in total. The van der Waals surface area contributed by atoms with Crippen molar-refractivity contribution in [2.45, 2.75) is 46.1 Å². The van der Waals surface area contributed by atoms with Crippen molar-refractivity contribution in [1.29, 1.82) is 0 Å². The van der Waals surface area contributed by atoms with E-state index in [1.165, 1.54) is 6.42 Å². The van der Waals surface area contributed by atoms with Gasteiger partial charge in [-0.05, 0) is 51.3 Å². The molecule has 146 valence electrons. The topological polar surface area (TPSA) is 84.7 Å². The van der Waals surface area contributed by atoms with Crippen LogP contribution < -0.4 is 15.8 Å². The lowest BCUT2D eigenvalue weighted by Gasteiger charge is -2.27. The maximum Gasteiger partial charge on any atom is 0.253 e. The van der Waals surface area contributed by atoms with E-state index in [2.05, 4.69) is 5.32 Å². The molecule has 0 aromatic heterocycles. The normalized spacial score (nSPS) is 16.2. The minimum absolute atomic E-state index is 0. The van der Waals surface area contributed by atoms with E-state index in [1.54, 1.807) is 32.0 Å². The Morgan fingerprint density at radius 2 is 1.88 bits per heavy atom. The highest BCUT2D eigenvalue weighted by Crippen LogP contribution is 2.28. The summed E-state index contributed by atoms with van der Waals surface area (Å²) in [7, 11) is 0. The maximum atomic E-state index is 12.7. The minimum Gasteiger partial charge on any atom is -0.492 e. The summed E-state index contributed by atoms with van der Waals surface area (Å²) in [5.41, 5.74) is 6.89. The first kappa shape index (κ1) is 22.3. The van der Waals surface area contributed by atoms with Crippen molar-refractivity contribution in [3.8, 4) is 5.75 Å². The largest absolute Gasteiger partial charge is 0.492 e. The molecule has 7 heteroatoms. The molecule has 1 aliphatic rings. The average Bonchev–Trinajstić information content (AvgIpc) is 2.62. The summed E-state index contributed by atoms with van der Waals surface area (Å²) in [5.74, 6) is 0.0378. The van der Waals surface area contributed by atoms with Gasteiger partial charge in [-0.2, -0.15) is 0 Å². The highest BCUT2D eigenvalue weighted by atomic mass is 35.5. The van der Waals surface area contributed by atoms with Gasteiger partial charge in [0.15, 0.2) is 0 Å². The Kier molecular flexibility index (Phi) is 8.88. The van der Waals surface area contributed by atoms with Gasteiger partial charge in [-0.1, -0.05) is 6.92 Å². The number of halogens is 1. The monoisotopic (exact) mass is 383 g/mol. The first-order valence-electron chi connectivity index (χ1n) is 9.06. The third kappa shape index (κ3) is 5.61. The summed E-state index contributed by atoms with van der Waals surface area (Å²) < 4.78 is 5.59. The molecular weight excluding hydrogens is 354 g/mol. The number of hydrogen-bond acceptors (Lipinski definition) is 4. The van der Waals surface area contributed by atoms with Crippen LogP contribution in [0, 0.1) is 5.92 Å². The Morgan fingerprint density at radius 1 is 1.23 bits per heavy atom. The lowest BCUT2D eigenvalue weighted by molar-refractivity contribution is -0.119. The van der Waals surface area contributed by atoms with Gasteiger partial charge in [0.2, 0.25) is 5.91 Å². The SMILES string of the molecule is CCOc1ccc(C(=O)N2CCCCC2)cc1NC(=O)C(C)C(C)N.Cl. The van der Waals surface area contributed by atoms with Crippen LogP contribution in [0.25, 0.3) is 0 Å². The number of carbonyl (C=O) groups is 2. The molecule has 2 unspecified atom stereocenters. The summed E-state index contributed by atoms with van der Waals surface area (Å²) in [6.45, 7) is 7.51. The zero-order valence-corrected chi connectivity index (χ0v) is 16.6. The molecule has 1 aliphatic heterocycles. The predicted octanol–water partition coefficient (Wildman–Crippen LogP) is 3.06. The summed E-state index contributed by atoms with van der Waals surface area (Å²) in [6, 6.07) is 4.95. The Hall–Kier alpha value is -1.79. The van der Waals surface area contributed by atoms with E-state index in [-0.39, 0.29) is 36.2 Å². The van der Waals surface area contributed by atoms with Crippen LogP contribution in [0.5, 0.6) is 5.75 Å². The van der Waals surface area contributed by atoms with Crippen LogP contribution in [-0.2, 0) is 4.79 Å².